The molecule has 4 aliphatic rings. The van der Waals surface area contributed by atoms with E-state index in [-0.39, 0.29) is 28.7 Å². The third-order valence-corrected chi connectivity index (χ3v) is 10.6. The molecule has 3 saturated heterocycles. The third kappa shape index (κ3) is 7.11. The van der Waals surface area contributed by atoms with Gasteiger partial charge < -0.3 is 24.7 Å². The molecule has 7 rings (SSSR count). The number of ether oxygens (including phenoxy) is 2. The number of nitrogens with one attached hydrogen (secondary N) is 2. The predicted molar refractivity (Wildman–Crippen MR) is 173 cm³/mol. The lowest BCUT2D eigenvalue weighted by molar-refractivity contribution is -0.201. The normalized spacial score (nSPS) is 25.0. The second kappa shape index (κ2) is 12.7. The van der Waals surface area contributed by atoms with E-state index in [4.69, 9.17) is 9.47 Å². The van der Waals surface area contributed by atoms with Gasteiger partial charge in [0.1, 0.15) is 12.3 Å². The van der Waals surface area contributed by atoms with Gasteiger partial charge in [-0.2, -0.15) is 13.2 Å². The number of aromatic nitrogens is 1. The first-order valence-electron chi connectivity index (χ1n) is 15.9. The molecule has 4 fully saturated rings. The van der Waals surface area contributed by atoms with Crippen LogP contribution in [-0.4, -0.2) is 80.3 Å². The highest BCUT2D eigenvalue weighted by Crippen LogP contribution is 2.40. The predicted octanol–water partition coefficient (Wildman–Crippen LogP) is 6.06. The standard InChI is InChI=1S/C34H41F3N4O4S/c1-4-44-32-19-27(46(3,42)43)10-11-30(32)38-16-6-7-24-17-28-29(8-5-9-31(28)41(24)22-34(35,36)37)39-23-12-14-33(2,15-13-23)40-20-25-18-26(21-40)45-25/h5,8-11,17,19,23,25-26,38-39H,4,12-16,18,20-22H2,1-3H3. The largest absolute Gasteiger partial charge is 0.492 e. The summed E-state index contributed by atoms with van der Waals surface area (Å²) in [5.74, 6) is 6.24. The number of hydrogen-bond acceptors (Lipinski definition) is 7. The van der Waals surface area contributed by atoms with Crippen LogP contribution in [0.3, 0.4) is 0 Å². The number of fused-ring (bicyclic) bond motifs is 3. The molecule has 4 heterocycles. The van der Waals surface area contributed by atoms with E-state index in [1.165, 1.54) is 23.1 Å². The maximum atomic E-state index is 13.7. The first kappa shape index (κ1) is 32.5. The highest BCUT2D eigenvalue weighted by Gasteiger charge is 2.46. The van der Waals surface area contributed by atoms with Crippen molar-refractivity contribution in [3.05, 3.63) is 48.2 Å². The highest BCUT2D eigenvalue weighted by atomic mass is 32.2. The van der Waals surface area contributed by atoms with Crippen LogP contribution in [0.2, 0.25) is 0 Å². The first-order valence-corrected chi connectivity index (χ1v) is 17.8. The molecule has 1 aliphatic carbocycles. The molecule has 0 radical (unpaired) electrons. The molecule has 2 aromatic carbocycles. The minimum atomic E-state index is -4.42. The molecule has 3 aromatic rings. The Morgan fingerprint density at radius 2 is 1.80 bits per heavy atom. The van der Waals surface area contributed by atoms with Crippen LogP contribution in [0.15, 0.2) is 47.4 Å². The molecule has 12 heteroatoms. The Bertz CT molecular complexity index is 1740. The van der Waals surface area contributed by atoms with E-state index < -0.39 is 22.6 Å². The fourth-order valence-electron chi connectivity index (χ4n) is 7.01. The third-order valence-electron chi connectivity index (χ3n) is 9.49. The number of rotatable bonds is 9. The van der Waals surface area contributed by atoms with Gasteiger partial charge in [0.2, 0.25) is 0 Å². The fourth-order valence-corrected chi connectivity index (χ4v) is 7.64. The van der Waals surface area contributed by atoms with Gasteiger partial charge in [-0.15, -0.1) is 0 Å². The van der Waals surface area contributed by atoms with Crippen LogP contribution >= 0.6 is 0 Å². The summed E-state index contributed by atoms with van der Waals surface area (Å²) >= 11 is 0. The maximum Gasteiger partial charge on any atom is 0.406 e. The van der Waals surface area contributed by atoms with Crippen LogP contribution in [0.5, 0.6) is 5.75 Å². The van der Waals surface area contributed by atoms with Crippen molar-refractivity contribution < 1.29 is 31.1 Å². The van der Waals surface area contributed by atoms with E-state index in [0.717, 1.165) is 50.7 Å². The molecular formula is C34H41F3N4O4S. The lowest BCUT2D eigenvalue weighted by Crippen LogP contribution is -2.64. The van der Waals surface area contributed by atoms with E-state index >= 15 is 0 Å². The molecule has 46 heavy (non-hydrogen) atoms. The lowest BCUT2D eigenvalue weighted by atomic mass is 9.77. The average molecular weight is 659 g/mol. The van der Waals surface area contributed by atoms with Gasteiger partial charge in [0.25, 0.3) is 0 Å². The molecule has 3 aliphatic heterocycles. The first-order chi connectivity index (χ1) is 21.8. The van der Waals surface area contributed by atoms with Crippen molar-refractivity contribution in [2.75, 3.05) is 43.1 Å². The zero-order valence-corrected chi connectivity index (χ0v) is 27.2. The Balaban J connectivity index is 1.18. The van der Waals surface area contributed by atoms with Crippen LogP contribution in [-0.2, 0) is 21.1 Å². The van der Waals surface area contributed by atoms with E-state index in [0.29, 0.717) is 41.2 Å². The summed E-state index contributed by atoms with van der Waals surface area (Å²) in [5.41, 5.74) is 2.25. The summed E-state index contributed by atoms with van der Waals surface area (Å²) in [4.78, 5) is 2.73. The molecular weight excluding hydrogens is 617 g/mol. The number of nitrogens with zero attached hydrogens (tertiary/aromatic N) is 2. The van der Waals surface area contributed by atoms with E-state index in [2.05, 4.69) is 34.3 Å². The molecule has 1 aromatic heterocycles. The summed E-state index contributed by atoms with van der Waals surface area (Å²) in [7, 11) is -3.42. The van der Waals surface area contributed by atoms with Gasteiger partial charge in [-0.1, -0.05) is 12.0 Å². The maximum absolute atomic E-state index is 13.7. The van der Waals surface area contributed by atoms with E-state index in [9.17, 15) is 21.6 Å². The summed E-state index contributed by atoms with van der Waals surface area (Å²) in [5, 5.41) is 7.46. The van der Waals surface area contributed by atoms with Gasteiger partial charge in [-0.05, 0) is 75.8 Å². The monoisotopic (exact) mass is 658 g/mol. The minimum absolute atomic E-state index is 0.114. The molecule has 2 atom stereocenters. The van der Waals surface area contributed by atoms with Crippen LogP contribution in [0.4, 0.5) is 24.5 Å². The second-order valence-corrected chi connectivity index (χ2v) is 14.9. The molecule has 2 N–H and O–H groups in total. The van der Waals surface area contributed by atoms with Crippen molar-refractivity contribution in [2.24, 2.45) is 0 Å². The van der Waals surface area contributed by atoms with Crippen LogP contribution in [0.25, 0.3) is 10.9 Å². The molecule has 1 saturated carbocycles. The lowest BCUT2D eigenvalue weighted by Gasteiger charge is -2.55. The van der Waals surface area contributed by atoms with Gasteiger partial charge in [-0.3, -0.25) is 4.90 Å². The van der Waals surface area contributed by atoms with Crippen molar-refractivity contribution in [2.45, 2.75) is 87.4 Å². The number of alkyl halides is 3. The Morgan fingerprint density at radius 3 is 2.46 bits per heavy atom. The van der Waals surface area contributed by atoms with E-state index in [1.807, 2.05) is 6.07 Å². The van der Waals surface area contributed by atoms with Gasteiger partial charge >= 0.3 is 6.18 Å². The number of benzene rings is 2. The van der Waals surface area contributed by atoms with Crippen molar-refractivity contribution in [1.82, 2.24) is 9.47 Å². The number of hydrogen-bond donors (Lipinski definition) is 2. The van der Waals surface area contributed by atoms with Crippen LogP contribution in [0.1, 0.15) is 51.6 Å². The quantitative estimate of drug-likeness (QED) is 0.271. The zero-order valence-electron chi connectivity index (χ0n) is 26.4. The smallest absolute Gasteiger partial charge is 0.406 e. The number of anilines is 2. The molecule has 2 unspecified atom stereocenters. The van der Waals surface area contributed by atoms with Gasteiger partial charge in [0.05, 0.1) is 47.2 Å². The summed E-state index contributed by atoms with van der Waals surface area (Å²) in [6.07, 6.45) is 2.70. The van der Waals surface area contributed by atoms with Crippen molar-refractivity contribution in [3.8, 4) is 17.6 Å². The Hall–Kier alpha value is -3.40. The summed E-state index contributed by atoms with van der Waals surface area (Å²) in [6, 6.07) is 11.9. The molecule has 248 valence electrons. The highest BCUT2D eigenvalue weighted by molar-refractivity contribution is 7.90. The van der Waals surface area contributed by atoms with Gasteiger partial charge in [0.15, 0.2) is 9.84 Å². The fraction of sp³-hybridized carbons (Fsp3) is 0.529. The number of piperidine rings is 1. The second-order valence-electron chi connectivity index (χ2n) is 12.9. The SMILES string of the molecule is CCOc1cc(S(C)(=O)=O)ccc1NCC#Cc1cc2c(NC3CCC(C)(N4CC5CC(C4)O5)CC3)cccc2n1CC(F)(F)F. The minimum Gasteiger partial charge on any atom is -0.492 e. The van der Waals surface area contributed by atoms with Crippen molar-refractivity contribution >= 4 is 32.1 Å². The Kier molecular flexibility index (Phi) is 8.95. The zero-order chi connectivity index (χ0) is 32.7. The molecule has 0 amide bonds. The van der Waals surface area contributed by atoms with Crippen LogP contribution < -0.4 is 15.4 Å². The van der Waals surface area contributed by atoms with E-state index in [1.54, 1.807) is 31.2 Å². The Labute approximate surface area is 268 Å². The van der Waals surface area contributed by atoms with Crippen molar-refractivity contribution in [3.63, 3.8) is 0 Å². The van der Waals surface area contributed by atoms with Crippen molar-refractivity contribution in [1.29, 1.82) is 0 Å². The molecule has 8 nitrogen and oxygen atoms in total. The summed E-state index contributed by atoms with van der Waals surface area (Å²) in [6.45, 7) is 5.44. The number of morpholine rings is 1. The number of sulfone groups is 1. The van der Waals surface area contributed by atoms with Gasteiger partial charge in [-0.25, -0.2) is 8.42 Å². The van der Waals surface area contributed by atoms with Gasteiger partial charge in [0, 0.05) is 54.5 Å². The Morgan fingerprint density at radius 1 is 1.09 bits per heavy atom. The summed E-state index contributed by atoms with van der Waals surface area (Å²) < 4.78 is 77.8. The number of halogens is 3. The molecule has 0 spiro atoms. The molecule has 2 bridgehead atoms. The topological polar surface area (TPSA) is 84.8 Å². The average Bonchev–Trinajstić information content (AvgIpc) is 3.33. The van der Waals surface area contributed by atoms with Crippen LogP contribution in [0, 0.1) is 11.8 Å².